The minimum Gasteiger partial charge on any atom is -0.491 e. The van der Waals surface area contributed by atoms with E-state index in [-0.39, 0.29) is 7.28 Å². The number of methoxy groups -OCH3 is 2. The zero-order valence-electron chi connectivity index (χ0n) is 12.4. The van der Waals surface area contributed by atoms with Gasteiger partial charge in [0, 0.05) is 0 Å². The molecule has 25 heavy (non-hydrogen) atoms. The third-order valence-electron chi connectivity index (χ3n) is 3.21. The Hall–Kier alpha value is -2.46. The van der Waals surface area contributed by atoms with Gasteiger partial charge in [0.05, 0.1) is 14.2 Å². The van der Waals surface area contributed by atoms with Crippen molar-refractivity contribution in [1.82, 2.24) is 0 Å². The van der Waals surface area contributed by atoms with Gasteiger partial charge in [-0.05, 0) is 10.9 Å². The summed E-state index contributed by atoms with van der Waals surface area (Å²) in [6.07, 6.45) is 0. The second kappa shape index (κ2) is 6.81. The molecule has 0 saturated carbocycles. The minimum atomic E-state index is -2.08. The van der Waals surface area contributed by atoms with E-state index >= 15 is 0 Å². The molecule has 2 aromatic carbocycles. The molecule has 0 fully saturated rings. The van der Waals surface area contributed by atoms with E-state index < -0.39 is 69.0 Å². The standard InChI is InChI=1S/C14H6BF8O2/c1-24-13-9(20)5(16)3(6(17)10(13)21)15-4-7(18)11(22)14(25-2)12(23)8(4)19/h1-2H3. The Morgan fingerprint density at radius 1 is 0.480 bits per heavy atom. The maximum Gasteiger partial charge on any atom is 0.207 e. The van der Waals surface area contributed by atoms with Crippen molar-refractivity contribution in [3.05, 3.63) is 46.5 Å². The first-order chi connectivity index (χ1) is 11.7. The van der Waals surface area contributed by atoms with Gasteiger partial charge in [0.1, 0.15) is 0 Å². The van der Waals surface area contributed by atoms with Gasteiger partial charge in [-0.15, -0.1) is 0 Å². The fraction of sp³-hybridized carbons (Fsp3) is 0.143. The van der Waals surface area contributed by atoms with Crippen molar-refractivity contribution in [2.24, 2.45) is 0 Å². The summed E-state index contributed by atoms with van der Waals surface area (Å²) in [5.74, 6) is -19.1. The molecular weight excluding hydrogens is 363 g/mol. The van der Waals surface area contributed by atoms with Crippen LogP contribution in [0.25, 0.3) is 0 Å². The van der Waals surface area contributed by atoms with E-state index in [1.165, 1.54) is 0 Å². The van der Waals surface area contributed by atoms with E-state index in [9.17, 15) is 35.1 Å². The Kier molecular flexibility index (Phi) is 5.14. The summed E-state index contributed by atoms with van der Waals surface area (Å²) in [4.78, 5) is 0. The average Bonchev–Trinajstić information content (AvgIpc) is 2.59. The summed E-state index contributed by atoms with van der Waals surface area (Å²) in [5.41, 5.74) is -3.20. The zero-order valence-corrected chi connectivity index (χ0v) is 12.4. The van der Waals surface area contributed by atoms with Gasteiger partial charge in [-0.25, -0.2) is 17.6 Å². The van der Waals surface area contributed by atoms with Crippen LogP contribution in [-0.2, 0) is 0 Å². The van der Waals surface area contributed by atoms with Crippen molar-refractivity contribution in [3.8, 4) is 11.5 Å². The van der Waals surface area contributed by atoms with Crippen LogP contribution in [0, 0.1) is 46.5 Å². The van der Waals surface area contributed by atoms with E-state index in [0.717, 1.165) is 14.2 Å². The Labute approximate surface area is 136 Å². The molecule has 0 amide bonds. The Morgan fingerprint density at radius 2 is 0.720 bits per heavy atom. The Morgan fingerprint density at radius 3 is 0.920 bits per heavy atom. The predicted molar refractivity (Wildman–Crippen MR) is 70.7 cm³/mol. The SMILES string of the molecule is COc1c(F)c(F)c([B]c2c(F)c(F)c(OC)c(F)c2F)c(F)c1F. The molecule has 2 nitrogen and oxygen atoms in total. The summed E-state index contributed by atoms with van der Waals surface area (Å²) in [6.45, 7) is 0. The molecule has 0 aliphatic heterocycles. The number of rotatable bonds is 4. The first-order valence-corrected chi connectivity index (χ1v) is 6.31. The summed E-state index contributed by atoms with van der Waals surface area (Å²) >= 11 is 0. The van der Waals surface area contributed by atoms with Crippen LogP contribution in [0.4, 0.5) is 35.1 Å². The van der Waals surface area contributed by atoms with Crippen LogP contribution < -0.4 is 20.4 Å². The van der Waals surface area contributed by atoms with E-state index in [2.05, 4.69) is 9.47 Å². The lowest BCUT2D eigenvalue weighted by molar-refractivity contribution is 0.334. The Balaban J connectivity index is 2.70. The number of hydrogen-bond acceptors (Lipinski definition) is 2. The van der Waals surface area contributed by atoms with Crippen LogP contribution in [0.2, 0.25) is 0 Å². The molecule has 2 rings (SSSR count). The van der Waals surface area contributed by atoms with Crippen molar-refractivity contribution in [3.63, 3.8) is 0 Å². The lowest BCUT2D eigenvalue weighted by Crippen LogP contribution is -2.39. The van der Waals surface area contributed by atoms with Gasteiger partial charge < -0.3 is 9.47 Å². The lowest BCUT2D eigenvalue weighted by atomic mass is 9.62. The van der Waals surface area contributed by atoms with Gasteiger partial charge in [0.2, 0.25) is 30.5 Å². The first kappa shape index (κ1) is 18.9. The molecule has 133 valence electrons. The molecule has 0 unspecified atom stereocenters. The van der Waals surface area contributed by atoms with E-state index in [1.807, 2.05) is 0 Å². The summed E-state index contributed by atoms with van der Waals surface area (Å²) < 4.78 is 118. The fourth-order valence-electron chi connectivity index (χ4n) is 2.01. The number of hydrogen-bond donors (Lipinski definition) is 0. The zero-order chi connectivity index (χ0) is 19.0. The van der Waals surface area contributed by atoms with Crippen LogP contribution >= 0.6 is 0 Å². The van der Waals surface area contributed by atoms with E-state index in [4.69, 9.17) is 0 Å². The van der Waals surface area contributed by atoms with Gasteiger partial charge >= 0.3 is 0 Å². The largest absolute Gasteiger partial charge is 0.491 e. The van der Waals surface area contributed by atoms with E-state index in [0.29, 0.717) is 0 Å². The molecule has 2 aromatic rings. The second-order valence-electron chi connectivity index (χ2n) is 4.55. The van der Waals surface area contributed by atoms with Crippen LogP contribution in [0.15, 0.2) is 0 Å². The highest BCUT2D eigenvalue weighted by Gasteiger charge is 2.31. The molecule has 1 radical (unpaired) electrons. The van der Waals surface area contributed by atoms with Crippen LogP contribution in [-0.4, -0.2) is 21.5 Å². The van der Waals surface area contributed by atoms with Crippen molar-refractivity contribution < 1.29 is 44.6 Å². The number of ether oxygens (including phenoxy) is 2. The lowest BCUT2D eigenvalue weighted by Gasteiger charge is -2.13. The highest BCUT2D eigenvalue weighted by molar-refractivity contribution is 6.67. The van der Waals surface area contributed by atoms with Crippen molar-refractivity contribution in [1.29, 1.82) is 0 Å². The average molecular weight is 369 g/mol. The second-order valence-corrected chi connectivity index (χ2v) is 4.55. The normalized spacial score (nSPS) is 10.8. The molecule has 0 aromatic heterocycles. The molecule has 0 aliphatic carbocycles. The maximum absolute atomic E-state index is 13.8. The van der Waals surface area contributed by atoms with E-state index in [1.54, 1.807) is 0 Å². The molecule has 0 bridgehead atoms. The molecule has 0 saturated heterocycles. The van der Waals surface area contributed by atoms with Gasteiger partial charge in [-0.2, -0.15) is 17.6 Å². The predicted octanol–water partition coefficient (Wildman–Crippen LogP) is 2.47. The molecule has 0 heterocycles. The van der Waals surface area contributed by atoms with Gasteiger partial charge in [0.15, 0.2) is 34.8 Å². The van der Waals surface area contributed by atoms with Crippen molar-refractivity contribution >= 4 is 18.2 Å². The van der Waals surface area contributed by atoms with Crippen molar-refractivity contribution in [2.75, 3.05) is 14.2 Å². The van der Waals surface area contributed by atoms with Crippen LogP contribution in [0.3, 0.4) is 0 Å². The third kappa shape index (κ3) is 2.87. The monoisotopic (exact) mass is 369 g/mol. The topological polar surface area (TPSA) is 18.5 Å². The fourth-order valence-corrected chi connectivity index (χ4v) is 2.01. The smallest absolute Gasteiger partial charge is 0.207 e. The summed E-state index contributed by atoms with van der Waals surface area (Å²) in [6, 6.07) is 0. The molecule has 0 spiro atoms. The highest BCUT2D eigenvalue weighted by atomic mass is 19.2. The molecule has 0 N–H and O–H groups in total. The third-order valence-corrected chi connectivity index (χ3v) is 3.21. The minimum absolute atomic E-state index is 0.119. The van der Waals surface area contributed by atoms with Gasteiger partial charge in [0.25, 0.3) is 0 Å². The quantitative estimate of drug-likeness (QED) is 0.469. The number of benzene rings is 2. The molecular formula is C14H6BF8O2. The Bertz CT molecular complexity index is 728. The van der Waals surface area contributed by atoms with Crippen LogP contribution in [0.5, 0.6) is 11.5 Å². The summed E-state index contributed by atoms with van der Waals surface area (Å²) in [5, 5.41) is 0. The van der Waals surface area contributed by atoms with Crippen molar-refractivity contribution in [2.45, 2.75) is 0 Å². The first-order valence-electron chi connectivity index (χ1n) is 6.31. The van der Waals surface area contributed by atoms with Crippen LogP contribution in [0.1, 0.15) is 0 Å². The molecule has 0 aliphatic rings. The molecule has 11 heteroatoms. The van der Waals surface area contributed by atoms with Gasteiger partial charge in [-0.3, -0.25) is 0 Å². The van der Waals surface area contributed by atoms with Gasteiger partial charge in [-0.1, -0.05) is 0 Å². The number of halogens is 8. The maximum atomic E-state index is 13.8. The highest BCUT2D eigenvalue weighted by Crippen LogP contribution is 2.26. The summed E-state index contributed by atoms with van der Waals surface area (Å²) in [7, 11) is 1.32. The molecule has 0 atom stereocenters.